The van der Waals surface area contributed by atoms with Crippen molar-refractivity contribution in [2.45, 2.75) is 43.7 Å². The van der Waals surface area contributed by atoms with Gasteiger partial charge in [-0.25, -0.2) is 8.42 Å². The molecule has 2 aromatic carbocycles. The molecule has 0 radical (unpaired) electrons. The number of halogens is 4. The lowest BCUT2D eigenvalue weighted by Crippen LogP contribution is -2.49. The predicted molar refractivity (Wildman–Crippen MR) is 146 cm³/mol. The number of hydrogen-bond acceptors (Lipinski definition) is 6. The van der Waals surface area contributed by atoms with Gasteiger partial charge in [-0.2, -0.15) is 27.3 Å². The molecule has 0 N–H and O–H groups in total. The lowest BCUT2D eigenvalue weighted by molar-refractivity contribution is -0.137. The molecule has 1 saturated heterocycles. The van der Waals surface area contributed by atoms with Gasteiger partial charge in [0, 0.05) is 31.2 Å². The van der Waals surface area contributed by atoms with Crippen LogP contribution in [0.4, 0.5) is 18.9 Å². The molecule has 0 unspecified atom stereocenters. The second kappa shape index (κ2) is 11.4. The summed E-state index contributed by atoms with van der Waals surface area (Å²) < 4.78 is 74.1. The number of piperazine rings is 1. The molecule has 0 atom stereocenters. The van der Waals surface area contributed by atoms with E-state index in [1.165, 1.54) is 21.1 Å². The summed E-state index contributed by atoms with van der Waals surface area (Å²) in [6.45, 7) is 0.708. The van der Waals surface area contributed by atoms with Crippen molar-refractivity contribution in [1.82, 2.24) is 14.1 Å². The fourth-order valence-corrected chi connectivity index (χ4v) is 6.76. The highest BCUT2D eigenvalue weighted by molar-refractivity contribution is 7.88. The summed E-state index contributed by atoms with van der Waals surface area (Å²) in [6.07, 6.45) is 0.569. The van der Waals surface area contributed by atoms with E-state index < -0.39 is 33.1 Å². The van der Waals surface area contributed by atoms with Crippen LogP contribution in [0.3, 0.4) is 0 Å². The van der Waals surface area contributed by atoms with Crippen LogP contribution in [0, 0.1) is 0 Å². The minimum Gasteiger partial charge on any atom is -0.483 e. The van der Waals surface area contributed by atoms with Crippen molar-refractivity contribution >= 4 is 27.3 Å². The van der Waals surface area contributed by atoms with E-state index in [2.05, 4.69) is 5.10 Å². The van der Waals surface area contributed by atoms with Crippen LogP contribution in [0.5, 0.6) is 5.75 Å². The third-order valence-electron chi connectivity index (χ3n) is 7.13. The zero-order valence-electron chi connectivity index (χ0n) is 21.5. The van der Waals surface area contributed by atoms with Crippen molar-refractivity contribution in [3.05, 3.63) is 81.2 Å². The van der Waals surface area contributed by atoms with Gasteiger partial charge in [0.1, 0.15) is 5.69 Å². The van der Waals surface area contributed by atoms with Crippen molar-refractivity contribution in [3.8, 4) is 11.4 Å². The average Bonchev–Trinajstić information content (AvgIpc) is 3.43. The van der Waals surface area contributed by atoms with Crippen LogP contribution in [-0.2, 0) is 22.0 Å². The van der Waals surface area contributed by atoms with Crippen LogP contribution in [0.2, 0.25) is 5.02 Å². The third kappa shape index (κ3) is 6.29. The number of benzene rings is 2. The monoisotopic (exact) mass is 596 g/mol. The predicted octanol–water partition coefficient (Wildman–Crippen LogP) is 4.88. The quantitative estimate of drug-likeness (QED) is 0.387. The summed E-state index contributed by atoms with van der Waals surface area (Å²) in [5, 5.41) is 4.81. The first kappa shape index (κ1) is 28.4. The fraction of sp³-hybridized carbons (Fsp3) is 0.407. The maximum absolute atomic E-state index is 13.6. The lowest BCUT2D eigenvalue weighted by atomic mass is 10.1. The van der Waals surface area contributed by atoms with E-state index in [0.717, 1.165) is 37.8 Å². The van der Waals surface area contributed by atoms with Gasteiger partial charge in [-0.1, -0.05) is 35.9 Å². The Kier molecular flexibility index (Phi) is 8.12. The van der Waals surface area contributed by atoms with Crippen LogP contribution in [0.15, 0.2) is 59.5 Å². The molecule has 1 aromatic heterocycles. The molecule has 2 heterocycles. The Morgan fingerprint density at radius 3 is 2.38 bits per heavy atom. The lowest BCUT2D eigenvalue weighted by Gasteiger charge is -2.36. The molecule has 13 heteroatoms. The number of hydrogen-bond donors (Lipinski definition) is 0. The number of aromatic nitrogens is 2. The second-order valence-electron chi connectivity index (χ2n) is 9.92. The molecule has 8 nitrogen and oxygen atoms in total. The van der Waals surface area contributed by atoms with Gasteiger partial charge in [-0.3, -0.25) is 4.79 Å². The number of anilines is 1. The number of nitrogens with zero attached hydrogens (tertiary/aromatic N) is 4. The first-order valence-electron chi connectivity index (χ1n) is 12.9. The van der Waals surface area contributed by atoms with Gasteiger partial charge in [-0.05, 0) is 55.5 Å². The summed E-state index contributed by atoms with van der Waals surface area (Å²) in [5.41, 5.74) is -0.291. The molecule has 0 spiro atoms. The summed E-state index contributed by atoms with van der Waals surface area (Å²) >= 11 is 6.12. The van der Waals surface area contributed by atoms with Gasteiger partial charge >= 0.3 is 11.7 Å². The normalized spacial score (nSPS) is 17.4. The first-order valence-corrected chi connectivity index (χ1v) is 14.9. The van der Waals surface area contributed by atoms with Gasteiger partial charge in [-0.15, -0.1) is 0 Å². The summed E-state index contributed by atoms with van der Waals surface area (Å²) in [6, 6.07) is 11.1. The Labute approximate surface area is 235 Å². The van der Waals surface area contributed by atoms with Crippen LogP contribution in [-0.4, -0.2) is 54.8 Å². The topological polar surface area (TPSA) is 84.7 Å². The van der Waals surface area contributed by atoms with Crippen molar-refractivity contribution in [2.24, 2.45) is 0 Å². The first-order chi connectivity index (χ1) is 19.0. The number of rotatable bonds is 7. The molecule has 3 aromatic rings. The van der Waals surface area contributed by atoms with Gasteiger partial charge in [0.2, 0.25) is 15.8 Å². The highest BCUT2D eigenvalue weighted by atomic mass is 35.5. The molecule has 0 bridgehead atoms. The minimum absolute atomic E-state index is 0.0679. The van der Waals surface area contributed by atoms with E-state index in [9.17, 15) is 26.4 Å². The van der Waals surface area contributed by atoms with Gasteiger partial charge in [0.05, 0.1) is 29.3 Å². The standard InChI is InChI=1S/C27H28ClF3N4O4S/c28-21-7-4-8-22(16-21)35-26(36)25(39-23-9-1-2-10-23)24(17-32-35)33-11-13-34(14-12-33)40(37,38)18-19-5-3-6-20(15-19)27(29,30)31/h3-8,15-17,23H,1-2,9-14,18H2. The average molecular weight is 597 g/mol. The Morgan fingerprint density at radius 1 is 1.00 bits per heavy atom. The van der Waals surface area contributed by atoms with Crippen LogP contribution >= 0.6 is 11.6 Å². The maximum atomic E-state index is 13.6. The van der Waals surface area contributed by atoms with E-state index in [0.29, 0.717) is 16.4 Å². The van der Waals surface area contributed by atoms with E-state index in [1.807, 2.05) is 4.90 Å². The molecular formula is C27H28ClF3N4O4S. The number of alkyl halides is 3. The van der Waals surface area contributed by atoms with Gasteiger partial charge in [0.15, 0.2) is 0 Å². The Hall–Kier alpha value is -3.09. The molecule has 2 aliphatic rings. The van der Waals surface area contributed by atoms with E-state index in [-0.39, 0.29) is 43.6 Å². The van der Waals surface area contributed by atoms with Crippen LogP contribution < -0.4 is 15.2 Å². The van der Waals surface area contributed by atoms with E-state index in [4.69, 9.17) is 16.3 Å². The summed E-state index contributed by atoms with van der Waals surface area (Å²) in [4.78, 5) is 15.4. The molecule has 214 valence electrons. The molecule has 40 heavy (non-hydrogen) atoms. The van der Waals surface area contributed by atoms with E-state index >= 15 is 0 Å². The fourth-order valence-electron chi connectivity index (χ4n) is 5.08. The summed E-state index contributed by atoms with van der Waals surface area (Å²) in [7, 11) is -3.87. The maximum Gasteiger partial charge on any atom is 0.416 e. The van der Waals surface area contributed by atoms with E-state index in [1.54, 1.807) is 30.5 Å². The highest BCUT2D eigenvalue weighted by Crippen LogP contribution is 2.32. The number of sulfonamides is 1. The summed E-state index contributed by atoms with van der Waals surface area (Å²) in [5.74, 6) is -0.383. The SMILES string of the molecule is O=c1c(OC2CCCC2)c(N2CCN(S(=O)(=O)Cc3cccc(C(F)(F)F)c3)CC2)cnn1-c1cccc(Cl)c1. The third-order valence-corrected chi connectivity index (χ3v) is 9.22. The van der Waals surface area contributed by atoms with Crippen molar-refractivity contribution < 1.29 is 26.3 Å². The zero-order valence-corrected chi connectivity index (χ0v) is 23.1. The molecular weight excluding hydrogens is 569 g/mol. The Balaban J connectivity index is 1.35. The van der Waals surface area contributed by atoms with Gasteiger partial charge < -0.3 is 9.64 Å². The molecule has 1 aliphatic heterocycles. The van der Waals surface area contributed by atoms with Crippen molar-refractivity contribution in [1.29, 1.82) is 0 Å². The molecule has 0 amide bonds. The Morgan fingerprint density at radius 2 is 1.70 bits per heavy atom. The minimum atomic E-state index is -4.56. The van der Waals surface area contributed by atoms with Crippen molar-refractivity contribution in [3.63, 3.8) is 0 Å². The molecule has 2 fully saturated rings. The zero-order chi connectivity index (χ0) is 28.5. The Bertz CT molecular complexity index is 1530. The van der Waals surface area contributed by atoms with Crippen LogP contribution in [0.25, 0.3) is 5.69 Å². The highest BCUT2D eigenvalue weighted by Gasteiger charge is 2.33. The largest absolute Gasteiger partial charge is 0.483 e. The number of ether oxygens (including phenoxy) is 1. The second-order valence-corrected chi connectivity index (χ2v) is 12.3. The van der Waals surface area contributed by atoms with Crippen LogP contribution in [0.1, 0.15) is 36.8 Å². The molecule has 1 aliphatic carbocycles. The van der Waals surface area contributed by atoms with Gasteiger partial charge in [0.25, 0.3) is 0 Å². The van der Waals surface area contributed by atoms with Crippen molar-refractivity contribution in [2.75, 3.05) is 31.1 Å². The molecule has 1 saturated carbocycles. The smallest absolute Gasteiger partial charge is 0.416 e. The molecule has 5 rings (SSSR count).